The van der Waals surface area contributed by atoms with Gasteiger partial charge in [-0.2, -0.15) is 0 Å². The minimum absolute atomic E-state index is 0.107. The molecule has 0 N–H and O–H groups in total. The molecule has 0 saturated heterocycles. The van der Waals surface area contributed by atoms with Crippen LogP contribution in [0.15, 0.2) is 24.3 Å². The molecule has 0 fully saturated rings. The third kappa shape index (κ3) is 4.17. The summed E-state index contributed by atoms with van der Waals surface area (Å²) >= 11 is 0. The molecular formula is C16H23FO. The molecule has 1 aromatic rings. The predicted molar refractivity (Wildman–Crippen MR) is 74.7 cm³/mol. The molecule has 18 heavy (non-hydrogen) atoms. The Bertz CT molecular complexity index is 396. The Morgan fingerprint density at radius 3 is 2.72 bits per heavy atom. The second-order valence-corrected chi connectivity index (χ2v) is 4.50. The molecule has 0 unspecified atom stereocenters. The normalized spacial score (nSPS) is 11.1. The fourth-order valence-electron chi connectivity index (χ4n) is 1.87. The fourth-order valence-corrected chi connectivity index (χ4v) is 1.87. The maximum Gasteiger partial charge on any atom is 0.132 e. The largest absolute Gasteiger partial charge is 0.489 e. The monoisotopic (exact) mass is 250 g/mol. The first-order chi connectivity index (χ1) is 8.70. The van der Waals surface area contributed by atoms with Gasteiger partial charge in [0.15, 0.2) is 0 Å². The van der Waals surface area contributed by atoms with Crippen LogP contribution >= 0.6 is 0 Å². The van der Waals surface area contributed by atoms with E-state index in [2.05, 4.69) is 6.92 Å². The van der Waals surface area contributed by atoms with Crippen molar-refractivity contribution in [3.8, 4) is 5.75 Å². The molecule has 0 amide bonds. The molecular weight excluding hydrogens is 227 g/mol. The van der Waals surface area contributed by atoms with Gasteiger partial charge in [-0.3, -0.25) is 0 Å². The van der Waals surface area contributed by atoms with Crippen LogP contribution < -0.4 is 4.74 Å². The van der Waals surface area contributed by atoms with Crippen LogP contribution in [0.3, 0.4) is 0 Å². The van der Waals surface area contributed by atoms with Crippen molar-refractivity contribution in [1.82, 2.24) is 0 Å². The van der Waals surface area contributed by atoms with Gasteiger partial charge < -0.3 is 4.74 Å². The van der Waals surface area contributed by atoms with E-state index in [1.807, 2.05) is 31.2 Å². The lowest BCUT2D eigenvalue weighted by Crippen LogP contribution is -2.00. The van der Waals surface area contributed by atoms with Crippen molar-refractivity contribution < 1.29 is 9.13 Å². The molecule has 1 nitrogen and oxygen atoms in total. The smallest absolute Gasteiger partial charge is 0.132 e. The molecule has 1 aromatic carbocycles. The molecule has 0 bridgehead atoms. The first-order valence-corrected chi connectivity index (χ1v) is 6.72. The standard InChI is InChI=1S/C16H23FO/c1-4-6-8-9-14-10-11-15(13(3)16(14)17)18-12-7-5-2/h5,7,10-11H,4,6,8-9,12H2,1-3H3/b7-5+. The molecule has 0 aliphatic rings. The van der Waals surface area contributed by atoms with Crippen LogP contribution in [0.5, 0.6) is 5.75 Å². The fraction of sp³-hybridized carbons (Fsp3) is 0.500. The predicted octanol–water partition coefficient (Wildman–Crippen LogP) is 4.82. The highest BCUT2D eigenvalue weighted by Gasteiger charge is 2.10. The molecule has 0 aromatic heterocycles. The van der Waals surface area contributed by atoms with E-state index in [0.29, 0.717) is 17.9 Å². The van der Waals surface area contributed by atoms with Crippen molar-refractivity contribution in [2.45, 2.75) is 46.5 Å². The maximum atomic E-state index is 14.1. The van der Waals surface area contributed by atoms with Crippen molar-refractivity contribution in [2.24, 2.45) is 0 Å². The van der Waals surface area contributed by atoms with E-state index in [-0.39, 0.29) is 5.82 Å². The molecule has 100 valence electrons. The Morgan fingerprint density at radius 1 is 1.28 bits per heavy atom. The minimum atomic E-state index is -0.107. The number of allylic oxidation sites excluding steroid dienone is 1. The first kappa shape index (κ1) is 14.7. The third-order valence-electron chi connectivity index (χ3n) is 3.04. The van der Waals surface area contributed by atoms with Gasteiger partial charge in [0.1, 0.15) is 18.2 Å². The number of hydrogen-bond acceptors (Lipinski definition) is 1. The summed E-state index contributed by atoms with van der Waals surface area (Å²) in [5.41, 5.74) is 1.42. The van der Waals surface area contributed by atoms with E-state index in [9.17, 15) is 4.39 Å². The summed E-state index contributed by atoms with van der Waals surface area (Å²) in [5, 5.41) is 0. The highest BCUT2D eigenvalue weighted by Crippen LogP contribution is 2.24. The molecule has 0 radical (unpaired) electrons. The number of unbranched alkanes of at least 4 members (excludes halogenated alkanes) is 2. The van der Waals surface area contributed by atoms with Gasteiger partial charge in [0, 0.05) is 5.56 Å². The van der Waals surface area contributed by atoms with E-state index in [1.54, 1.807) is 6.92 Å². The van der Waals surface area contributed by atoms with Crippen LogP contribution in [0.2, 0.25) is 0 Å². The molecule has 0 aliphatic heterocycles. The Labute approximate surface area is 110 Å². The molecule has 0 aliphatic carbocycles. The Morgan fingerprint density at radius 2 is 2.06 bits per heavy atom. The molecule has 0 spiro atoms. The van der Waals surface area contributed by atoms with E-state index in [1.165, 1.54) is 0 Å². The summed E-state index contributed by atoms with van der Waals surface area (Å²) < 4.78 is 19.6. The van der Waals surface area contributed by atoms with Crippen molar-refractivity contribution in [1.29, 1.82) is 0 Å². The number of halogens is 1. The second kappa shape index (κ2) is 7.91. The summed E-state index contributed by atoms with van der Waals surface area (Å²) in [6, 6.07) is 3.73. The number of rotatable bonds is 7. The van der Waals surface area contributed by atoms with Gasteiger partial charge >= 0.3 is 0 Å². The number of ether oxygens (including phenoxy) is 1. The zero-order valence-corrected chi connectivity index (χ0v) is 11.6. The number of hydrogen-bond donors (Lipinski definition) is 0. The minimum Gasteiger partial charge on any atom is -0.489 e. The van der Waals surface area contributed by atoms with Gasteiger partial charge in [-0.25, -0.2) is 4.39 Å². The lowest BCUT2D eigenvalue weighted by Gasteiger charge is -2.11. The van der Waals surface area contributed by atoms with Crippen LogP contribution in [0.4, 0.5) is 4.39 Å². The van der Waals surface area contributed by atoms with Crippen molar-refractivity contribution in [3.63, 3.8) is 0 Å². The van der Waals surface area contributed by atoms with Gasteiger partial charge in [0.25, 0.3) is 0 Å². The summed E-state index contributed by atoms with van der Waals surface area (Å²) in [6.07, 6.45) is 8.00. The van der Waals surface area contributed by atoms with Crippen molar-refractivity contribution >= 4 is 0 Å². The van der Waals surface area contributed by atoms with Gasteiger partial charge in [0.2, 0.25) is 0 Å². The van der Waals surface area contributed by atoms with Gasteiger partial charge in [-0.05, 0) is 38.3 Å². The van der Waals surface area contributed by atoms with E-state index >= 15 is 0 Å². The molecule has 0 atom stereocenters. The van der Waals surface area contributed by atoms with Crippen molar-refractivity contribution in [3.05, 3.63) is 41.2 Å². The highest BCUT2D eigenvalue weighted by molar-refractivity contribution is 5.38. The summed E-state index contributed by atoms with van der Waals surface area (Å²) in [4.78, 5) is 0. The lowest BCUT2D eigenvalue weighted by atomic mass is 10.0. The topological polar surface area (TPSA) is 9.23 Å². The zero-order chi connectivity index (χ0) is 13.4. The van der Waals surface area contributed by atoms with E-state index in [0.717, 1.165) is 31.2 Å². The highest BCUT2D eigenvalue weighted by atomic mass is 19.1. The Kier molecular flexibility index (Phi) is 6.48. The summed E-state index contributed by atoms with van der Waals surface area (Å²) in [6.45, 7) is 6.36. The first-order valence-electron chi connectivity index (χ1n) is 6.72. The van der Waals surface area contributed by atoms with Crippen LogP contribution in [0.25, 0.3) is 0 Å². The van der Waals surface area contributed by atoms with Gasteiger partial charge in [-0.1, -0.05) is 38.0 Å². The lowest BCUT2D eigenvalue weighted by molar-refractivity contribution is 0.356. The van der Waals surface area contributed by atoms with Crippen LogP contribution in [0, 0.1) is 12.7 Å². The second-order valence-electron chi connectivity index (χ2n) is 4.50. The van der Waals surface area contributed by atoms with E-state index < -0.39 is 0 Å². The van der Waals surface area contributed by atoms with Crippen LogP contribution in [0.1, 0.15) is 44.2 Å². The average molecular weight is 250 g/mol. The number of benzene rings is 1. The Balaban J connectivity index is 2.71. The maximum absolute atomic E-state index is 14.1. The zero-order valence-electron chi connectivity index (χ0n) is 11.6. The van der Waals surface area contributed by atoms with Gasteiger partial charge in [0.05, 0.1) is 0 Å². The van der Waals surface area contributed by atoms with Gasteiger partial charge in [-0.15, -0.1) is 0 Å². The molecule has 1 rings (SSSR count). The van der Waals surface area contributed by atoms with Crippen LogP contribution in [-0.2, 0) is 6.42 Å². The number of aryl methyl sites for hydroxylation is 1. The molecule has 2 heteroatoms. The summed E-state index contributed by atoms with van der Waals surface area (Å²) in [7, 11) is 0. The third-order valence-corrected chi connectivity index (χ3v) is 3.04. The Hall–Kier alpha value is -1.31. The SMILES string of the molecule is C/C=C/COc1ccc(CCCCC)c(F)c1C. The van der Waals surface area contributed by atoms with Crippen molar-refractivity contribution in [2.75, 3.05) is 6.61 Å². The molecule has 0 heterocycles. The summed E-state index contributed by atoms with van der Waals surface area (Å²) in [5.74, 6) is 0.536. The molecule has 0 saturated carbocycles. The van der Waals surface area contributed by atoms with Crippen LogP contribution in [-0.4, -0.2) is 6.61 Å². The quantitative estimate of drug-likeness (QED) is 0.498. The average Bonchev–Trinajstić information content (AvgIpc) is 2.37. The van der Waals surface area contributed by atoms with E-state index in [4.69, 9.17) is 4.74 Å².